The van der Waals surface area contributed by atoms with Gasteiger partial charge in [-0.2, -0.15) is 13.2 Å². The SMILES string of the molecule is O=C(c1ccnc2ccc(-c3ccc(Cl)cc3)cc12)N1CCCC1CNS(=O)(=O)C(F)(F)F. The summed E-state index contributed by atoms with van der Waals surface area (Å²) >= 11 is 5.96. The van der Waals surface area contributed by atoms with Crippen molar-refractivity contribution >= 4 is 38.4 Å². The number of carbonyl (C=O) groups is 1. The first kappa shape index (κ1) is 23.5. The van der Waals surface area contributed by atoms with E-state index in [-0.39, 0.29) is 5.91 Å². The number of alkyl halides is 3. The van der Waals surface area contributed by atoms with E-state index in [1.165, 1.54) is 11.1 Å². The highest BCUT2D eigenvalue weighted by Gasteiger charge is 2.46. The highest BCUT2D eigenvalue weighted by atomic mass is 35.5. The van der Waals surface area contributed by atoms with E-state index >= 15 is 0 Å². The third kappa shape index (κ3) is 4.83. The van der Waals surface area contributed by atoms with Gasteiger partial charge in [0.25, 0.3) is 5.91 Å². The highest BCUT2D eigenvalue weighted by Crippen LogP contribution is 2.29. The molecule has 1 atom stereocenters. The van der Waals surface area contributed by atoms with Gasteiger partial charge < -0.3 is 4.90 Å². The molecule has 6 nitrogen and oxygen atoms in total. The van der Waals surface area contributed by atoms with Crippen molar-refractivity contribution in [1.29, 1.82) is 0 Å². The lowest BCUT2D eigenvalue weighted by molar-refractivity contribution is -0.0448. The smallest absolute Gasteiger partial charge is 0.334 e. The van der Waals surface area contributed by atoms with Crippen LogP contribution < -0.4 is 4.72 Å². The van der Waals surface area contributed by atoms with Gasteiger partial charge in [-0.15, -0.1) is 0 Å². The predicted octanol–water partition coefficient (Wildman–Crippen LogP) is 4.60. The van der Waals surface area contributed by atoms with Crippen LogP contribution in [0.25, 0.3) is 22.0 Å². The summed E-state index contributed by atoms with van der Waals surface area (Å²) < 4.78 is 62.3. The second-order valence-corrected chi connectivity index (χ2v) is 9.88. The molecule has 0 saturated carbocycles. The molecule has 1 unspecified atom stereocenters. The number of halogens is 4. The number of carbonyl (C=O) groups excluding carboxylic acids is 1. The van der Waals surface area contributed by atoms with Crippen LogP contribution in [-0.4, -0.2) is 48.8 Å². The predicted molar refractivity (Wildman–Crippen MR) is 119 cm³/mol. The highest BCUT2D eigenvalue weighted by molar-refractivity contribution is 7.90. The molecule has 1 amide bonds. The van der Waals surface area contributed by atoms with E-state index in [1.807, 2.05) is 24.3 Å². The molecule has 2 aromatic carbocycles. The molecule has 0 bridgehead atoms. The van der Waals surface area contributed by atoms with Gasteiger partial charge in [-0.05, 0) is 54.3 Å². The molecule has 1 aliphatic heterocycles. The molecule has 1 fully saturated rings. The first-order valence-corrected chi connectivity index (χ1v) is 11.9. The molecule has 0 spiro atoms. The van der Waals surface area contributed by atoms with Crippen molar-refractivity contribution in [2.45, 2.75) is 24.4 Å². The van der Waals surface area contributed by atoms with E-state index in [2.05, 4.69) is 4.98 Å². The summed E-state index contributed by atoms with van der Waals surface area (Å²) in [6, 6.07) is 13.6. The van der Waals surface area contributed by atoms with Crippen molar-refractivity contribution < 1.29 is 26.4 Å². The van der Waals surface area contributed by atoms with E-state index in [9.17, 15) is 26.4 Å². The number of aromatic nitrogens is 1. The third-order valence-corrected chi connectivity index (χ3v) is 7.01. The molecule has 2 heterocycles. The van der Waals surface area contributed by atoms with Gasteiger partial charge in [0.2, 0.25) is 0 Å². The average Bonchev–Trinajstić information content (AvgIpc) is 3.25. The van der Waals surface area contributed by atoms with Gasteiger partial charge in [-0.25, -0.2) is 13.1 Å². The minimum Gasteiger partial charge on any atom is -0.334 e. The number of likely N-dealkylation sites (tertiary alicyclic amines) is 1. The molecule has 174 valence electrons. The molecular weight excluding hydrogens is 479 g/mol. The van der Waals surface area contributed by atoms with Gasteiger partial charge in [-0.3, -0.25) is 9.78 Å². The standard InChI is InChI=1S/C22H19ClF3N3O3S/c23-16-6-3-14(4-7-16)15-5-8-20-19(12-15)18(9-10-27-20)21(30)29-11-1-2-17(29)13-28-33(31,32)22(24,25)26/h3-10,12,17,28H,1-2,11,13H2. The molecule has 3 aromatic rings. The maximum Gasteiger partial charge on any atom is 0.511 e. The summed E-state index contributed by atoms with van der Waals surface area (Å²) in [5.74, 6) is -0.385. The number of amides is 1. The van der Waals surface area contributed by atoms with Crippen molar-refractivity contribution in [1.82, 2.24) is 14.6 Å². The van der Waals surface area contributed by atoms with Gasteiger partial charge >= 0.3 is 15.5 Å². The molecule has 1 saturated heterocycles. The number of pyridine rings is 1. The molecule has 1 aliphatic rings. The Morgan fingerprint density at radius 3 is 2.52 bits per heavy atom. The van der Waals surface area contributed by atoms with Crippen LogP contribution in [0.15, 0.2) is 54.7 Å². The van der Waals surface area contributed by atoms with E-state index in [0.717, 1.165) is 11.1 Å². The second kappa shape index (κ2) is 8.92. The van der Waals surface area contributed by atoms with E-state index in [1.54, 1.807) is 29.0 Å². The van der Waals surface area contributed by atoms with Gasteiger partial charge in [0.05, 0.1) is 11.1 Å². The molecule has 33 heavy (non-hydrogen) atoms. The largest absolute Gasteiger partial charge is 0.511 e. The molecular formula is C22H19ClF3N3O3S. The van der Waals surface area contributed by atoms with Gasteiger partial charge in [0, 0.05) is 35.7 Å². The maximum atomic E-state index is 13.4. The van der Waals surface area contributed by atoms with Crippen LogP contribution in [0.1, 0.15) is 23.2 Å². The number of hydrogen-bond donors (Lipinski definition) is 1. The van der Waals surface area contributed by atoms with Gasteiger partial charge in [0.1, 0.15) is 0 Å². The Labute approximate surface area is 193 Å². The fourth-order valence-electron chi connectivity index (χ4n) is 3.91. The quantitative estimate of drug-likeness (QED) is 0.559. The molecule has 1 N–H and O–H groups in total. The minimum absolute atomic E-state index is 0.317. The van der Waals surface area contributed by atoms with Crippen LogP contribution in [0, 0.1) is 0 Å². The summed E-state index contributed by atoms with van der Waals surface area (Å²) in [4.78, 5) is 19.1. The summed E-state index contributed by atoms with van der Waals surface area (Å²) in [7, 11) is -5.48. The van der Waals surface area contributed by atoms with Crippen molar-refractivity contribution in [3.63, 3.8) is 0 Å². The van der Waals surface area contributed by atoms with Crippen molar-refractivity contribution in [3.05, 3.63) is 65.3 Å². The van der Waals surface area contributed by atoms with E-state index in [0.29, 0.717) is 40.9 Å². The number of fused-ring (bicyclic) bond motifs is 1. The Bertz CT molecular complexity index is 1300. The lowest BCUT2D eigenvalue weighted by Crippen LogP contribution is -2.46. The molecule has 4 rings (SSSR count). The normalized spacial score (nSPS) is 17.0. The van der Waals surface area contributed by atoms with Crippen LogP contribution in [0.3, 0.4) is 0 Å². The number of rotatable bonds is 5. The number of hydrogen-bond acceptors (Lipinski definition) is 4. The number of benzene rings is 2. The Kier molecular flexibility index (Phi) is 6.35. The Hall–Kier alpha value is -2.69. The monoisotopic (exact) mass is 497 g/mol. The average molecular weight is 498 g/mol. The first-order chi connectivity index (χ1) is 15.6. The van der Waals surface area contributed by atoms with Crippen molar-refractivity contribution in [3.8, 4) is 11.1 Å². The maximum absolute atomic E-state index is 13.4. The molecule has 0 aliphatic carbocycles. The van der Waals surface area contributed by atoms with Crippen LogP contribution in [0.5, 0.6) is 0 Å². The van der Waals surface area contributed by atoms with Crippen LogP contribution in [0.4, 0.5) is 13.2 Å². The van der Waals surface area contributed by atoms with Crippen molar-refractivity contribution in [2.75, 3.05) is 13.1 Å². The lowest BCUT2D eigenvalue weighted by Gasteiger charge is -2.25. The number of nitrogens with zero attached hydrogens (tertiary/aromatic N) is 2. The zero-order valence-corrected chi connectivity index (χ0v) is 18.7. The molecule has 0 radical (unpaired) electrons. The zero-order chi connectivity index (χ0) is 23.8. The van der Waals surface area contributed by atoms with Crippen LogP contribution in [-0.2, 0) is 10.0 Å². The summed E-state index contributed by atoms with van der Waals surface area (Å²) in [6.45, 7) is -0.190. The zero-order valence-electron chi connectivity index (χ0n) is 17.1. The third-order valence-electron chi connectivity index (χ3n) is 5.60. The lowest BCUT2D eigenvalue weighted by atomic mass is 10.0. The van der Waals surface area contributed by atoms with Crippen LogP contribution >= 0.6 is 11.6 Å². The van der Waals surface area contributed by atoms with Gasteiger partial charge in [-0.1, -0.05) is 29.8 Å². The fraction of sp³-hybridized carbons (Fsp3) is 0.273. The summed E-state index contributed by atoms with van der Waals surface area (Å²) in [5.41, 5.74) is -2.73. The fourth-order valence-corrected chi connectivity index (χ4v) is 4.61. The summed E-state index contributed by atoms with van der Waals surface area (Å²) in [5, 5.41) is 1.19. The summed E-state index contributed by atoms with van der Waals surface area (Å²) in [6.07, 6.45) is 2.45. The Morgan fingerprint density at radius 2 is 1.82 bits per heavy atom. The topological polar surface area (TPSA) is 79.4 Å². The molecule has 1 aromatic heterocycles. The second-order valence-electron chi connectivity index (χ2n) is 7.69. The number of nitrogens with one attached hydrogen (secondary N) is 1. The van der Waals surface area contributed by atoms with E-state index in [4.69, 9.17) is 11.6 Å². The molecule has 11 heteroatoms. The number of sulfonamides is 1. The Morgan fingerprint density at radius 1 is 1.12 bits per heavy atom. The first-order valence-electron chi connectivity index (χ1n) is 10.1. The Balaban J connectivity index is 1.63. The van der Waals surface area contributed by atoms with Gasteiger partial charge in [0.15, 0.2) is 0 Å². The minimum atomic E-state index is -5.48. The van der Waals surface area contributed by atoms with Crippen molar-refractivity contribution in [2.24, 2.45) is 0 Å². The van der Waals surface area contributed by atoms with E-state index < -0.39 is 28.1 Å². The van der Waals surface area contributed by atoms with Crippen LogP contribution in [0.2, 0.25) is 5.02 Å².